The van der Waals surface area contributed by atoms with Gasteiger partial charge in [0.25, 0.3) is 0 Å². The Morgan fingerprint density at radius 2 is 1.17 bits per heavy atom. The molecule has 5 N–H and O–H groups in total. The molecular weight excluding hydrogens is 787 g/mol. The summed E-state index contributed by atoms with van der Waals surface area (Å²) in [5.74, 6) is -3.09. The topological polar surface area (TPSA) is 194 Å². The first kappa shape index (κ1) is 40.4. The summed E-state index contributed by atoms with van der Waals surface area (Å²) in [7, 11) is 0. The first-order chi connectivity index (χ1) is 28.5. The largest absolute Gasteiger partial charge is 0.396 e. The molecule has 0 bridgehead atoms. The Morgan fingerprint density at radius 1 is 0.667 bits per heavy atom. The normalized spacial score (nSPS) is 11.2. The van der Waals surface area contributed by atoms with E-state index >= 15 is 0 Å². The van der Waals surface area contributed by atoms with Gasteiger partial charge in [0.05, 0.1) is 50.9 Å². The molecule has 0 aliphatic carbocycles. The standard InChI is InChI=1S/C23H17F2N3O4.C20H16F2N4O2/c1-11-23(12(2)32-27-11)14-4-5-16-20(6-14)28(15(10-29)7-22(16)31)21-9-19(26-13(3)30)17(24)8-18(21)25;1-9-20(10(2)28-25-9)11-3-4-12-16(5-11)26(19(24)8-18(12)27)17-7-15(23)13(21)6-14(17)22/h4-10H,1-3H3,(H,26,30);3-8H,23-24H2,1-2H3. The lowest BCUT2D eigenvalue weighted by Gasteiger charge is -2.17. The smallest absolute Gasteiger partial charge is 0.221 e. The Morgan fingerprint density at radius 3 is 1.67 bits per heavy atom. The second-order valence-corrected chi connectivity index (χ2v) is 13.8. The van der Waals surface area contributed by atoms with E-state index in [9.17, 15) is 36.7 Å². The number of nitrogen functional groups attached to an aromatic ring is 2. The number of fused-ring (bicyclic) bond motifs is 2. The Bertz CT molecular complexity index is 3170. The van der Waals surface area contributed by atoms with Crippen LogP contribution in [0.3, 0.4) is 0 Å². The third kappa shape index (κ3) is 7.16. The molecule has 0 aliphatic rings. The van der Waals surface area contributed by atoms with E-state index in [0.717, 1.165) is 29.3 Å². The number of nitrogens with one attached hydrogen (secondary N) is 1. The highest BCUT2D eigenvalue weighted by molar-refractivity contribution is 5.92. The number of aromatic nitrogens is 4. The number of carbonyl (C=O) groups is 2. The fourth-order valence-electron chi connectivity index (χ4n) is 7.13. The van der Waals surface area contributed by atoms with Gasteiger partial charge in [0.2, 0.25) is 5.91 Å². The molecule has 13 nitrogen and oxygen atoms in total. The number of hydrogen-bond acceptors (Lipinski definition) is 10. The third-order valence-corrected chi connectivity index (χ3v) is 9.74. The molecule has 0 unspecified atom stereocenters. The second kappa shape index (κ2) is 15.5. The lowest BCUT2D eigenvalue weighted by molar-refractivity contribution is -0.114. The lowest BCUT2D eigenvalue weighted by atomic mass is 10.0. The Kier molecular flexibility index (Phi) is 10.4. The molecule has 17 heteroatoms. The van der Waals surface area contributed by atoms with Gasteiger partial charge in [0.15, 0.2) is 17.1 Å². The number of rotatable bonds is 6. The summed E-state index contributed by atoms with van der Waals surface area (Å²) >= 11 is 0. The van der Waals surface area contributed by atoms with Crippen molar-refractivity contribution >= 4 is 51.2 Å². The van der Waals surface area contributed by atoms with Gasteiger partial charge in [-0.1, -0.05) is 22.4 Å². The van der Waals surface area contributed by atoms with Crippen LogP contribution in [-0.4, -0.2) is 31.6 Å². The van der Waals surface area contributed by atoms with Crippen LogP contribution in [0.2, 0.25) is 0 Å². The van der Waals surface area contributed by atoms with Crippen molar-refractivity contribution in [3.8, 4) is 33.6 Å². The van der Waals surface area contributed by atoms with E-state index in [1.165, 1.54) is 22.1 Å². The maximum absolute atomic E-state index is 14.9. The van der Waals surface area contributed by atoms with Crippen molar-refractivity contribution in [2.24, 2.45) is 0 Å². The van der Waals surface area contributed by atoms with Gasteiger partial charge < -0.3 is 30.4 Å². The van der Waals surface area contributed by atoms with Crippen LogP contribution in [0.25, 0.3) is 55.4 Å². The van der Waals surface area contributed by atoms with Crippen LogP contribution in [0.5, 0.6) is 0 Å². The van der Waals surface area contributed by atoms with Crippen LogP contribution in [-0.2, 0) is 4.79 Å². The molecule has 4 aromatic carbocycles. The number of amides is 1. The van der Waals surface area contributed by atoms with Crippen LogP contribution < -0.4 is 27.6 Å². The molecule has 0 radical (unpaired) electrons. The maximum atomic E-state index is 14.9. The van der Waals surface area contributed by atoms with E-state index in [1.54, 1.807) is 64.1 Å². The molecule has 0 spiro atoms. The van der Waals surface area contributed by atoms with Crippen molar-refractivity contribution in [2.75, 3.05) is 16.8 Å². The first-order valence-corrected chi connectivity index (χ1v) is 18.0. The van der Waals surface area contributed by atoms with Gasteiger partial charge in [0.1, 0.15) is 40.6 Å². The minimum Gasteiger partial charge on any atom is -0.396 e. The number of nitrogens with two attached hydrogens (primary N) is 2. The Hall–Kier alpha value is -7.82. The lowest BCUT2D eigenvalue weighted by Crippen LogP contribution is -2.15. The number of pyridine rings is 2. The van der Waals surface area contributed by atoms with E-state index in [2.05, 4.69) is 15.6 Å². The average molecular weight is 820 g/mol. The Balaban J connectivity index is 0.000000183. The summed E-state index contributed by atoms with van der Waals surface area (Å²) in [6.45, 7) is 8.23. The van der Waals surface area contributed by atoms with Crippen molar-refractivity contribution in [3.63, 3.8) is 0 Å². The molecule has 0 fully saturated rings. The van der Waals surface area contributed by atoms with Crippen LogP contribution in [0.15, 0.2) is 91.4 Å². The highest BCUT2D eigenvalue weighted by Crippen LogP contribution is 2.34. The van der Waals surface area contributed by atoms with E-state index in [-0.39, 0.29) is 50.6 Å². The number of benzene rings is 4. The molecule has 4 aromatic heterocycles. The van der Waals surface area contributed by atoms with Gasteiger partial charge in [-0.2, -0.15) is 0 Å². The number of carbonyl (C=O) groups excluding carboxylic acids is 2. The molecule has 0 aliphatic heterocycles. The predicted octanol–water partition coefficient (Wildman–Crippen LogP) is 8.02. The molecule has 4 heterocycles. The Labute approximate surface area is 336 Å². The fraction of sp³-hybridized carbons (Fsp3) is 0.116. The van der Waals surface area contributed by atoms with Crippen molar-refractivity contribution in [3.05, 3.63) is 145 Å². The summed E-state index contributed by atoms with van der Waals surface area (Å²) in [5, 5.41) is 10.7. The van der Waals surface area contributed by atoms with Gasteiger partial charge in [-0.05, 0) is 75.2 Å². The van der Waals surface area contributed by atoms with Crippen molar-refractivity contribution < 1.29 is 36.2 Å². The molecular formula is C43H33F4N7O6. The first-order valence-electron chi connectivity index (χ1n) is 18.0. The average Bonchev–Trinajstić information content (AvgIpc) is 3.72. The van der Waals surface area contributed by atoms with Crippen molar-refractivity contribution in [2.45, 2.75) is 34.6 Å². The van der Waals surface area contributed by atoms with Crippen LogP contribution in [0, 0.1) is 51.0 Å². The van der Waals surface area contributed by atoms with Gasteiger partial charge in [-0.25, -0.2) is 17.6 Å². The minimum absolute atomic E-state index is 0.00155. The molecule has 60 heavy (non-hydrogen) atoms. The summed E-state index contributed by atoms with van der Waals surface area (Å²) in [6, 6.07) is 15.7. The van der Waals surface area contributed by atoms with Gasteiger partial charge >= 0.3 is 0 Å². The molecule has 1 amide bonds. The number of hydrogen-bond donors (Lipinski definition) is 3. The molecule has 0 atom stereocenters. The number of anilines is 3. The van der Waals surface area contributed by atoms with E-state index in [4.69, 9.17) is 20.5 Å². The highest BCUT2D eigenvalue weighted by atomic mass is 19.1. The van der Waals surface area contributed by atoms with E-state index < -0.39 is 34.6 Å². The van der Waals surface area contributed by atoms with Crippen molar-refractivity contribution in [1.29, 1.82) is 0 Å². The SMILES string of the molecule is CC(=O)Nc1cc(-n2c(C=O)cc(=O)c3ccc(-c4c(C)noc4C)cc32)c(F)cc1F.Cc1noc(C)c1-c1ccc2c(=O)cc(N)n(-c3cc(N)c(F)cc3F)c2c1. The molecule has 304 valence electrons. The van der Waals surface area contributed by atoms with Crippen LogP contribution in [0.4, 0.5) is 34.8 Å². The third-order valence-electron chi connectivity index (χ3n) is 9.74. The summed E-state index contributed by atoms with van der Waals surface area (Å²) in [6.07, 6.45) is 0.407. The zero-order valence-corrected chi connectivity index (χ0v) is 32.4. The number of aldehydes is 1. The molecule has 0 saturated heterocycles. The molecule has 8 aromatic rings. The maximum Gasteiger partial charge on any atom is 0.221 e. The number of halogens is 4. The van der Waals surface area contributed by atoms with E-state index in [0.29, 0.717) is 63.4 Å². The highest BCUT2D eigenvalue weighted by Gasteiger charge is 2.21. The quantitative estimate of drug-likeness (QED) is 0.0840. The van der Waals surface area contributed by atoms with Crippen LogP contribution >= 0.6 is 0 Å². The molecule has 8 rings (SSSR count). The zero-order chi connectivity index (χ0) is 43.3. The van der Waals surface area contributed by atoms with Gasteiger partial charge in [-0.15, -0.1) is 0 Å². The second-order valence-electron chi connectivity index (χ2n) is 13.8. The summed E-state index contributed by atoms with van der Waals surface area (Å²) in [4.78, 5) is 48.3. The monoisotopic (exact) mass is 819 g/mol. The number of aryl methyl sites for hydroxylation is 4. The number of nitrogens with zero attached hydrogens (tertiary/aromatic N) is 4. The summed E-state index contributed by atoms with van der Waals surface area (Å²) in [5.41, 5.74) is 14.7. The van der Waals surface area contributed by atoms with E-state index in [1.807, 2.05) is 0 Å². The van der Waals surface area contributed by atoms with Gasteiger partial charge in [-0.3, -0.25) is 23.7 Å². The molecule has 0 saturated carbocycles. The van der Waals surface area contributed by atoms with Crippen LogP contribution in [0.1, 0.15) is 40.3 Å². The minimum atomic E-state index is -0.979. The fourth-order valence-corrected chi connectivity index (χ4v) is 7.13. The van der Waals surface area contributed by atoms with Gasteiger partial charge in [0, 0.05) is 53.1 Å². The zero-order valence-electron chi connectivity index (χ0n) is 32.4. The summed E-state index contributed by atoms with van der Waals surface area (Å²) < 4.78 is 70.3. The van der Waals surface area contributed by atoms with Crippen molar-refractivity contribution in [1.82, 2.24) is 19.4 Å². The predicted molar refractivity (Wildman–Crippen MR) is 217 cm³/mol.